The molecular formula is C64H71ClN2O9. The van der Waals surface area contributed by atoms with Gasteiger partial charge in [-0.15, -0.1) is 0 Å². The Morgan fingerprint density at radius 1 is 0.382 bits per heavy atom. The predicted molar refractivity (Wildman–Crippen MR) is 283 cm³/mol. The number of aliphatic carboxylic acids is 1. The summed E-state index contributed by atoms with van der Waals surface area (Å²) in [7, 11) is 0. The highest BCUT2D eigenvalue weighted by molar-refractivity contribution is 5.86. The number of benzene rings is 6. The fraction of sp³-hybridized carbons (Fsp3) is 0.391. The third-order valence-corrected chi connectivity index (χ3v) is 18.1. The molecule has 4 atom stereocenters. The van der Waals surface area contributed by atoms with E-state index in [1.54, 1.807) is 109 Å². The summed E-state index contributed by atoms with van der Waals surface area (Å²) in [6, 6.07) is 55.6. The number of hydrogen-bond acceptors (Lipinski definition) is 9. The molecule has 0 saturated carbocycles. The van der Waals surface area contributed by atoms with E-state index in [4.69, 9.17) is 9.47 Å². The fourth-order valence-electron chi connectivity index (χ4n) is 14.4. The van der Waals surface area contributed by atoms with Gasteiger partial charge in [-0.2, -0.15) is 0 Å². The van der Waals surface area contributed by atoms with Crippen molar-refractivity contribution in [2.45, 2.75) is 130 Å². The summed E-state index contributed by atoms with van der Waals surface area (Å²) in [5.74, 6) is -2.63. The van der Waals surface area contributed by atoms with Crippen molar-refractivity contribution in [2.75, 3.05) is 26.2 Å². The fourth-order valence-corrected chi connectivity index (χ4v) is 14.4. The normalized spacial score (nSPS) is 23.7. The molecule has 0 aromatic heterocycles. The lowest BCUT2D eigenvalue weighted by molar-refractivity contribution is -0.956. The maximum atomic E-state index is 13.4. The molecule has 6 saturated heterocycles. The van der Waals surface area contributed by atoms with Gasteiger partial charge in [-0.3, -0.25) is 0 Å². The molecule has 12 heteroatoms. The summed E-state index contributed by atoms with van der Waals surface area (Å²) in [4.78, 5) is 38.1. The van der Waals surface area contributed by atoms with Crippen LogP contribution in [-0.4, -0.2) is 105 Å². The lowest BCUT2D eigenvalue weighted by atomic mass is 9.86. The first-order valence-electron chi connectivity index (χ1n) is 27.3. The van der Waals surface area contributed by atoms with Crippen molar-refractivity contribution in [1.82, 2.24) is 0 Å². The van der Waals surface area contributed by atoms with Crippen LogP contribution >= 0.6 is 0 Å². The molecule has 398 valence electrons. The zero-order chi connectivity index (χ0) is 52.1. The topological polar surface area (TPSA) is 153 Å². The molecule has 6 aromatic carbocycles. The van der Waals surface area contributed by atoms with Gasteiger partial charge in [-0.05, 0) is 33.4 Å². The Morgan fingerprint density at radius 3 is 0.803 bits per heavy atom. The lowest BCUT2D eigenvalue weighted by Gasteiger charge is -2.47. The monoisotopic (exact) mass is 1050 g/mol. The minimum Gasteiger partial charge on any atom is -1.00 e. The predicted octanol–water partition coefficient (Wildman–Crippen LogP) is 5.22. The van der Waals surface area contributed by atoms with Crippen LogP contribution in [-0.2, 0) is 40.7 Å². The number of nitrogens with zero attached hydrogens (tertiary/aromatic N) is 2. The molecule has 76 heavy (non-hydrogen) atoms. The van der Waals surface area contributed by atoms with Crippen LogP contribution in [0.2, 0.25) is 0 Å². The van der Waals surface area contributed by atoms with E-state index in [1.807, 2.05) is 72.8 Å². The Kier molecular flexibility index (Phi) is 16.7. The Hall–Kier alpha value is -6.18. The number of hydrogen-bond donors (Lipinski definition) is 3. The number of carboxylic acids is 1. The molecule has 0 aliphatic carbocycles. The number of quaternary nitrogens is 2. The number of esters is 2. The van der Waals surface area contributed by atoms with Crippen LogP contribution in [0.25, 0.3) is 0 Å². The van der Waals surface area contributed by atoms with E-state index >= 15 is 0 Å². The molecule has 6 aliphatic rings. The smallest absolute Gasteiger partial charge is 0.347 e. The molecule has 2 spiro atoms. The van der Waals surface area contributed by atoms with Gasteiger partial charge in [0.1, 0.15) is 12.2 Å². The summed E-state index contributed by atoms with van der Waals surface area (Å²) < 4.78 is 14.6. The minimum absolute atomic E-state index is 0. The number of rotatable bonds is 11. The number of piperidine rings is 2. The molecule has 6 aromatic rings. The van der Waals surface area contributed by atoms with Crippen molar-refractivity contribution < 1.29 is 65.7 Å². The highest BCUT2D eigenvalue weighted by Crippen LogP contribution is 2.48. The van der Waals surface area contributed by atoms with Crippen molar-refractivity contribution >= 4 is 17.9 Å². The second-order valence-corrected chi connectivity index (χ2v) is 21.9. The SMILES string of the molecule is O=C(OC1CC2CCC(C1)[N+]21CCCC1)C(O)(c1ccccc1)c1ccccc1.O=C(OC1CC2CCC(C1)[N+]21CCCC1)C(O)(c1ccccc1)c1ccccc1.O=C([O-])C(O)(c1ccccc1)c1ccccc1.[Cl-]. The summed E-state index contributed by atoms with van der Waals surface area (Å²) in [6.07, 6.45) is 13.9. The average molecular weight is 1050 g/mol. The molecule has 4 bridgehead atoms. The molecule has 6 heterocycles. The van der Waals surface area contributed by atoms with Crippen molar-refractivity contribution in [3.05, 3.63) is 215 Å². The number of ether oxygens (including phenoxy) is 2. The minimum atomic E-state index is -2.11. The zero-order valence-electron chi connectivity index (χ0n) is 43.2. The number of carbonyl (C=O) groups is 3. The Morgan fingerprint density at radius 2 is 0.592 bits per heavy atom. The molecule has 3 N–H and O–H groups in total. The van der Waals surface area contributed by atoms with Crippen molar-refractivity contribution in [2.24, 2.45) is 0 Å². The Bertz CT molecular complexity index is 2550. The van der Waals surface area contributed by atoms with Crippen LogP contribution in [0.3, 0.4) is 0 Å². The van der Waals surface area contributed by atoms with Gasteiger partial charge in [0.2, 0.25) is 11.2 Å². The number of carboxylic acid groups (broad SMARTS) is 1. The van der Waals surface area contributed by atoms with Crippen LogP contribution in [0, 0.1) is 0 Å². The van der Waals surface area contributed by atoms with Gasteiger partial charge in [0, 0.05) is 77.0 Å². The first kappa shape index (κ1) is 54.6. The molecule has 6 aliphatic heterocycles. The molecule has 0 amide bonds. The second kappa shape index (κ2) is 23.2. The third-order valence-electron chi connectivity index (χ3n) is 18.1. The lowest BCUT2D eigenvalue weighted by Crippen LogP contribution is -3.00. The zero-order valence-corrected chi connectivity index (χ0v) is 43.9. The van der Waals surface area contributed by atoms with Crippen molar-refractivity contribution in [1.29, 1.82) is 0 Å². The van der Waals surface area contributed by atoms with Crippen LogP contribution < -0.4 is 17.5 Å². The van der Waals surface area contributed by atoms with Gasteiger partial charge in [0.15, 0.2) is 5.60 Å². The highest BCUT2D eigenvalue weighted by atomic mass is 35.5. The van der Waals surface area contributed by atoms with E-state index in [0.717, 1.165) is 25.7 Å². The molecule has 6 fully saturated rings. The second-order valence-electron chi connectivity index (χ2n) is 21.9. The highest BCUT2D eigenvalue weighted by Gasteiger charge is 2.58. The third kappa shape index (κ3) is 10.3. The van der Waals surface area contributed by atoms with E-state index in [1.165, 1.54) is 86.5 Å². The van der Waals surface area contributed by atoms with Crippen LogP contribution in [0.15, 0.2) is 182 Å². The summed E-state index contributed by atoms with van der Waals surface area (Å²) in [5, 5.41) is 44.9. The van der Waals surface area contributed by atoms with Gasteiger partial charge in [0.05, 0.1) is 56.3 Å². The van der Waals surface area contributed by atoms with Gasteiger partial charge < -0.3 is 56.1 Å². The van der Waals surface area contributed by atoms with Gasteiger partial charge >= 0.3 is 11.9 Å². The van der Waals surface area contributed by atoms with Gasteiger partial charge in [-0.1, -0.05) is 182 Å². The van der Waals surface area contributed by atoms with Crippen molar-refractivity contribution in [3.8, 4) is 0 Å². The van der Waals surface area contributed by atoms with E-state index in [9.17, 15) is 34.8 Å². The Labute approximate surface area is 453 Å². The molecule has 12 rings (SSSR count). The maximum absolute atomic E-state index is 13.4. The molecular weight excluding hydrogens is 976 g/mol. The Balaban J connectivity index is 0.000000144. The molecule has 4 unspecified atom stereocenters. The quantitative estimate of drug-likeness (QED) is 0.117. The van der Waals surface area contributed by atoms with E-state index < -0.39 is 34.7 Å². The summed E-state index contributed by atoms with van der Waals surface area (Å²) in [6.45, 7) is 5.20. The van der Waals surface area contributed by atoms with Crippen LogP contribution in [0.1, 0.15) is 110 Å². The average Bonchev–Trinajstić information content (AvgIpc) is 4.26. The standard InChI is InChI=1S/2C25H30NO3.C14H12O3.ClH/c2*27-24(25(28,19-9-3-1-4-10-19)20-11-5-2-6-12-20)29-23-17-21-13-14-22(18-23)26(21)15-7-8-16-26;15-13(16)14(17,11-7-3-1-4-8-11)12-9-5-2-6-10-12;/h2*1-6,9-12,21-23,28H,7-8,13-18H2;1-10,17H,(H,15,16);1H/q2*+1;;/p-2. The van der Waals surface area contributed by atoms with E-state index in [-0.39, 0.29) is 35.7 Å². The summed E-state index contributed by atoms with van der Waals surface area (Å²) in [5.41, 5.74) is -2.88. The number of halogens is 1. The van der Waals surface area contributed by atoms with Crippen LogP contribution in [0.5, 0.6) is 0 Å². The van der Waals surface area contributed by atoms with Crippen molar-refractivity contribution in [3.63, 3.8) is 0 Å². The maximum Gasteiger partial charge on any atom is 0.347 e. The van der Waals surface area contributed by atoms with Gasteiger partial charge in [0.25, 0.3) is 0 Å². The van der Waals surface area contributed by atoms with Crippen LogP contribution in [0.4, 0.5) is 0 Å². The largest absolute Gasteiger partial charge is 1.00 e. The van der Waals surface area contributed by atoms with E-state index in [0.29, 0.717) is 46.4 Å². The number of aliphatic hydroxyl groups is 3. The number of carbonyl (C=O) groups excluding carboxylic acids is 3. The summed E-state index contributed by atoms with van der Waals surface area (Å²) >= 11 is 0. The first-order valence-corrected chi connectivity index (χ1v) is 27.3. The van der Waals surface area contributed by atoms with E-state index in [2.05, 4.69) is 0 Å². The molecule has 0 radical (unpaired) electrons. The first-order chi connectivity index (χ1) is 36.4. The van der Waals surface area contributed by atoms with Gasteiger partial charge in [-0.25, -0.2) is 9.59 Å². The molecule has 11 nitrogen and oxygen atoms in total.